The molecule has 9 nitrogen and oxygen atoms in total. The molecule has 0 saturated carbocycles. The number of hydroxylamine groups is 1. The molecule has 0 fully saturated rings. The number of carbonyl (C=O) groups is 3. The molecule has 0 aromatic heterocycles. The molecule has 198 valence electrons. The maximum absolute atomic E-state index is 12.4. The molecule has 3 aromatic rings. The van der Waals surface area contributed by atoms with E-state index in [1.54, 1.807) is 36.4 Å². The molecule has 0 heterocycles. The van der Waals surface area contributed by atoms with Crippen LogP contribution >= 0.6 is 0 Å². The fourth-order valence-corrected chi connectivity index (χ4v) is 3.43. The number of rotatable bonds is 9. The van der Waals surface area contributed by atoms with Crippen molar-refractivity contribution in [2.24, 2.45) is 5.73 Å². The van der Waals surface area contributed by atoms with Crippen LogP contribution < -0.4 is 21.8 Å². The molecule has 0 saturated heterocycles. The Morgan fingerprint density at radius 1 is 0.921 bits per heavy atom. The highest BCUT2D eigenvalue weighted by Gasteiger charge is 2.19. The smallest absolute Gasteiger partial charge is 0.267 e. The molecule has 1 atom stereocenters. The third-order valence-electron chi connectivity index (χ3n) is 5.34. The van der Waals surface area contributed by atoms with E-state index in [0.29, 0.717) is 23.4 Å². The molecule has 6 N–H and O–H groups in total. The van der Waals surface area contributed by atoms with Gasteiger partial charge in [-0.1, -0.05) is 49.6 Å². The minimum Gasteiger partial charge on any atom is -0.339 e. The summed E-state index contributed by atoms with van der Waals surface area (Å²) < 4.78 is 0. The summed E-state index contributed by atoms with van der Waals surface area (Å²) in [6.07, 6.45) is 0. The van der Waals surface area contributed by atoms with E-state index in [9.17, 15) is 14.4 Å². The fraction of sp³-hybridized carbons (Fsp3) is 0.207. The average Bonchev–Trinajstić information content (AvgIpc) is 2.91. The second-order valence-electron chi connectivity index (χ2n) is 8.35. The Morgan fingerprint density at radius 3 is 2.05 bits per heavy atom. The number of benzene rings is 3. The summed E-state index contributed by atoms with van der Waals surface area (Å²) in [6, 6.07) is 22.7. The fourth-order valence-electron chi connectivity index (χ4n) is 3.43. The van der Waals surface area contributed by atoms with Crippen LogP contribution in [-0.4, -0.2) is 54.0 Å². The molecule has 0 aliphatic heterocycles. The molecule has 0 unspecified atom stereocenters. The Balaban J connectivity index is 0.00000507. The van der Waals surface area contributed by atoms with Crippen LogP contribution in [0.1, 0.15) is 34.5 Å². The van der Waals surface area contributed by atoms with Crippen LogP contribution in [0.15, 0.2) is 78.9 Å². The van der Waals surface area contributed by atoms with Crippen molar-refractivity contribution in [3.05, 3.63) is 101 Å². The van der Waals surface area contributed by atoms with Crippen molar-refractivity contribution in [3.8, 4) is 11.8 Å². The zero-order valence-electron chi connectivity index (χ0n) is 20.4. The molecule has 0 radical (unpaired) electrons. The second kappa shape index (κ2) is 14.9. The lowest BCUT2D eigenvalue weighted by Crippen LogP contribution is -2.50. The lowest BCUT2D eigenvalue weighted by Gasteiger charge is -2.16. The number of nitrogens with one attached hydrogen (secondary N) is 3. The average molecular weight is 516 g/mol. The zero-order chi connectivity index (χ0) is 26.6. The molecular formula is C29H33N5O4. The van der Waals surface area contributed by atoms with E-state index in [1.165, 1.54) is 5.48 Å². The van der Waals surface area contributed by atoms with Crippen LogP contribution in [0.2, 0.25) is 0 Å². The number of nitrogens with zero attached hydrogens (tertiary/aromatic N) is 1. The predicted molar refractivity (Wildman–Crippen MR) is 147 cm³/mol. The van der Waals surface area contributed by atoms with Crippen LogP contribution in [0, 0.1) is 11.8 Å². The predicted octanol–water partition coefficient (Wildman–Crippen LogP) is 2.36. The Kier molecular flexibility index (Phi) is 11.7. The van der Waals surface area contributed by atoms with Gasteiger partial charge in [-0.3, -0.25) is 24.5 Å². The molecule has 3 aromatic carbocycles. The van der Waals surface area contributed by atoms with Crippen LogP contribution in [0.5, 0.6) is 0 Å². The summed E-state index contributed by atoms with van der Waals surface area (Å²) in [5, 5.41) is 14.0. The van der Waals surface area contributed by atoms with Crippen molar-refractivity contribution >= 4 is 23.4 Å². The van der Waals surface area contributed by atoms with Crippen molar-refractivity contribution in [1.29, 1.82) is 0 Å². The molecule has 0 bridgehead atoms. The number of amides is 3. The summed E-state index contributed by atoms with van der Waals surface area (Å²) >= 11 is 0. The number of carbonyl (C=O) groups excluding carboxylic acids is 3. The van der Waals surface area contributed by atoms with E-state index in [0.717, 1.165) is 11.1 Å². The first kappa shape index (κ1) is 29.7. The Hall–Kier alpha value is -4.49. The van der Waals surface area contributed by atoms with E-state index in [1.807, 2.05) is 54.4 Å². The minimum absolute atomic E-state index is 0. The summed E-state index contributed by atoms with van der Waals surface area (Å²) in [4.78, 5) is 38.1. The van der Waals surface area contributed by atoms with Gasteiger partial charge in [-0.25, -0.2) is 5.48 Å². The molecular weight excluding hydrogens is 482 g/mol. The maximum atomic E-state index is 12.4. The van der Waals surface area contributed by atoms with Crippen molar-refractivity contribution in [2.45, 2.75) is 20.0 Å². The molecule has 38 heavy (non-hydrogen) atoms. The molecule has 3 rings (SSSR count). The molecule has 0 aliphatic carbocycles. The first-order valence-corrected chi connectivity index (χ1v) is 11.6. The van der Waals surface area contributed by atoms with E-state index in [-0.39, 0.29) is 26.4 Å². The van der Waals surface area contributed by atoms with Crippen LogP contribution in [0.3, 0.4) is 0 Å². The topological polar surface area (TPSA) is 137 Å². The largest absolute Gasteiger partial charge is 0.339 e. The van der Waals surface area contributed by atoms with Gasteiger partial charge in [0.15, 0.2) is 0 Å². The van der Waals surface area contributed by atoms with E-state index < -0.39 is 17.9 Å². The number of hydrogen-bond acceptors (Lipinski definition) is 6. The number of anilines is 1. The van der Waals surface area contributed by atoms with Crippen molar-refractivity contribution in [3.63, 3.8) is 0 Å². The normalized spacial score (nSPS) is 10.8. The highest BCUT2D eigenvalue weighted by Crippen LogP contribution is 2.10. The highest BCUT2D eigenvalue weighted by atomic mass is 16.5. The third-order valence-corrected chi connectivity index (χ3v) is 5.34. The number of hydrogen-bond donors (Lipinski definition) is 5. The van der Waals surface area contributed by atoms with Crippen molar-refractivity contribution in [2.75, 3.05) is 25.5 Å². The summed E-state index contributed by atoms with van der Waals surface area (Å²) in [6.45, 7) is 0.797. The summed E-state index contributed by atoms with van der Waals surface area (Å²) in [7, 11) is 1.90. The number of likely N-dealkylation sites (N-methyl/N-ethyl adjacent to an activating group) is 1. The van der Waals surface area contributed by atoms with Crippen LogP contribution in [0.25, 0.3) is 0 Å². The van der Waals surface area contributed by atoms with Gasteiger partial charge in [-0.15, -0.1) is 0 Å². The van der Waals surface area contributed by atoms with E-state index in [2.05, 4.69) is 22.5 Å². The van der Waals surface area contributed by atoms with Gasteiger partial charge in [0.1, 0.15) is 6.04 Å². The maximum Gasteiger partial charge on any atom is 0.267 e. The Labute approximate surface area is 223 Å². The van der Waals surface area contributed by atoms with Gasteiger partial charge in [0.2, 0.25) is 5.91 Å². The Morgan fingerprint density at radius 2 is 1.50 bits per heavy atom. The van der Waals surface area contributed by atoms with Crippen molar-refractivity contribution in [1.82, 2.24) is 15.7 Å². The molecule has 0 spiro atoms. The van der Waals surface area contributed by atoms with Gasteiger partial charge in [-0.05, 0) is 61.1 Å². The van der Waals surface area contributed by atoms with E-state index in [4.69, 9.17) is 10.9 Å². The summed E-state index contributed by atoms with van der Waals surface area (Å²) in [5.41, 5.74) is 10.5. The van der Waals surface area contributed by atoms with Gasteiger partial charge in [0.25, 0.3) is 11.8 Å². The van der Waals surface area contributed by atoms with Gasteiger partial charge in [-0.2, -0.15) is 0 Å². The van der Waals surface area contributed by atoms with Gasteiger partial charge in [0.05, 0.1) is 6.54 Å². The Bertz CT molecular complexity index is 1270. The van der Waals surface area contributed by atoms with Gasteiger partial charge < -0.3 is 16.4 Å². The first-order chi connectivity index (χ1) is 17.9. The molecule has 9 heteroatoms. The van der Waals surface area contributed by atoms with Gasteiger partial charge in [0, 0.05) is 35.5 Å². The lowest BCUT2D eigenvalue weighted by molar-refractivity contribution is -0.130. The monoisotopic (exact) mass is 515 g/mol. The zero-order valence-corrected chi connectivity index (χ0v) is 20.4. The molecule has 3 amide bonds. The SMILES string of the molecule is C.CN(CC(=O)Nc1ccc(C#Cc2ccc(C(=O)N[C@@H](CN)C(=O)NO)cc2)cc1)Cc1ccccc1. The number of nitrogens with two attached hydrogens (primary N) is 1. The highest BCUT2D eigenvalue weighted by molar-refractivity contribution is 5.97. The van der Waals surface area contributed by atoms with E-state index >= 15 is 0 Å². The van der Waals surface area contributed by atoms with Gasteiger partial charge >= 0.3 is 0 Å². The quantitative estimate of drug-likeness (QED) is 0.169. The lowest BCUT2D eigenvalue weighted by atomic mass is 10.1. The second-order valence-corrected chi connectivity index (χ2v) is 8.35. The van der Waals surface area contributed by atoms with Crippen molar-refractivity contribution < 1.29 is 19.6 Å². The molecule has 0 aliphatic rings. The summed E-state index contributed by atoms with van der Waals surface area (Å²) in [5.74, 6) is 4.68. The first-order valence-electron chi connectivity index (χ1n) is 11.6. The standard InChI is InChI=1S/C28H29N5O4.CH4/c1-33(18-22-5-3-2-4-6-22)19-26(34)30-24-15-11-21(12-16-24)8-7-20-9-13-23(14-10-20)27(35)31-25(17-29)28(36)32-37;/h2-6,9-16,25,37H,17-19,29H2,1H3,(H,30,34)(H,31,35)(H,32,36);1H4/t25-;/m0./s1. The minimum atomic E-state index is -1.04. The van der Waals surface area contributed by atoms with Crippen LogP contribution in [-0.2, 0) is 16.1 Å². The van der Waals surface area contributed by atoms with Crippen LogP contribution in [0.4, 0.5) is 5.69 Å². The third kappa shape index (κ3) is 9.19.